The van der Waals surface area contributed by atoms with Crippen molar-refractivity contribution in [1.29, 1.82) is 0 Å². The molecule has 0 bridgehead atoms. The van der Waals surface area contributed by atoms with Crippen molar-refractivity contribution in [2.24, 2.45) is 5.92 Å². The summed E-state index contributed by atoms with van der Waals surface area (Å²) in [4.78, 5) is 14.2. The van der Waals surface area contributed by atoms with Crippen molar-refractivity contribution in [3.05, 3.63) is 53.6 Å². The van der Waals surface area contributed by atoms with Gasteiger partial charge in [-0.1, -0.05) is 0 Å². The lowest BCUT2D eigenvalue weighted by Crippen LogP contribution is -2.29. The summed E-state index contributed by atoms with van der Waals surface area (Å²) in [6.07, 6.45) is 3.97. The van der Waals surface area contributed by atoms with E-state index in [2.05, 4.69) is 5.32 Å². The molecule has 6 nitrogen and oxygen atoms in total. The van der Waals surface area contributed by atoms with E-state index >= 15 is 0 Å². The van der Waals surface area contributed by atoms with Crippen LogP contribution in [-0.4, -0.2) is 46.9 Å². The van der Waals surface area contributed by atoms with Gasteiger partial charge in [0.25, 0.3) is 0 Å². The van der Waals surface area contributed by atoms with Gasteiger partial charge in [0.2, 0.25) is 11.7 Å². The van der Waals surface area contributed by atoms with Crippen LogP contribution in [0.4, 0.5) is 14.5 Å². The number of amides is 1. The number of hydrogen-bond acceptors (Lipinski definition) is 5. The normalized spacial score (nSPS) is 15.9. The molecule has 1 saturated heterocycles. The van der Waals surface area contributed by atoms with E-state index < -0.39 is 11.6 Å². The van der Waals surface area contributed by atoms with E-state index in [1.54, 1.807) is 24.3 Å². The highest BCUT2D eigenvalue weighted by atomic mass is 19.2. The highest BCUT2D eigenvalue weighted by Crippen LogP contribution is 2.38. The van der Waals surface area contributed by atoms with E-state index in [1.165, 1.54) is 33.5 Å². The Bertz CT molecular complexity index is 940. The van der Waals surface area contributed by atoms with E-state index in [9.17, 15) is 13.6 Å². The minimum absolute atomic E-state index is 0.222. The Morgan fingerprint density at radius 3 is 2.42 bits per heavy atom. The summed E-state index contributed by atoms with van der Waals surface area (Å²) < 4.78 is 42.5. The van der Waals surface area contributed by atoms with Crippen LogP contribution in [0.3, 0.4) is 0 Å². The van der Waals surface area contributed by atoms with Gasteiger partial charge in [-0.2, -0.15) is 0 Å². The summed E-state index contributed by atoms with van der Waals surface area (Å²) in [5, 5.41) is 2.89. The zero-order chi connectivity index (χ0) is 22.4. The summed E-state index contributed by atoms with van der Waals surface area (Å²) in [7, 11) is 4.59. The van der Waals surface area contributed by atoms with Crippen LogP contribution < -0.4 is 24.4 Å². The Balaban J connectivity index is 1.54. The van der Waals surface area contributed by atoms with Crippen molar-refractivity contribution < 1.29 is 27.8 Å². The highest BCUT2D eigenvalue weighted by Gasteiger charge is 2.23. The number of ether oxygens (including phenoxy) is 3. The Kier molecular flexibility index (Phi) is 7.33. The number of carbonyl (C=O) groups excluding carboxylic acids is 1. The van der Waals surface area contributed by atoms with Crippen LogP contribution in [-0.2, 0) is 4.79 Å². The van der Waals surface area contributed by atoms with Crippen LogP contribution >= 0.6 is 0 Å². The third-order valence-electron chi connectivity index (χ3n) is 5.23. The van der Waals surface area contributed by atoms with Crippen LogP contribution in [0.15, 0.2) is 36.4 Å². The summed E-state index contributed by atoms with van der Waals surface area (Å²) in [5.41, 5.74) is 1.38. The van der Waals surface area contributed by atoms with Crippen LogP contribution in [0, 0.1) is 17.6 Å². The van der Waals surface area contributed by atoms with Gasteiger partial charge in [-0.25, -0.2) is 8.78 Å². The van der Waals surface area contributed by atoms with Gasteiger partial charge in [0.1, 0.15) is 0 Å². The second-order valence-corrected chi connectivity index (χ2v) is 7.24. The molecule has 0 saturated carbocycles. The van der Waals surface area contributed by atoms with Crippen molar-refractivity contribution in [3.63, 3.8) is 0 Å². The number of benzene rings is 2. The fourth-order valence-corrected chi connectivity index (χ4v) is 3.59. The maximum absolute atomic E-state index is 13.5. The van der Waals surface area contributed by atoms with Crippen LogP contribution in [0.25, 0.3) is 6.08 Å². The smallest absolute Gasteiger partial charge is 0.244 e. The Hall–Kier alpha value is -3.29. The molecule has 1 atom stereocenters. The molecule has 3 rings (SSSR count). The third-order valence-corrected chi connectivity index (χ3v) is 5.23. The molecule has 0 aliphatic carbocycles. The van der Waals surface area contributed by atoms with Gasteiger partial charge >= 0.3 is 0 Å². The molecule has 1 aliphatic heterocycles. The first-order chi connectivity index (χ1) is 14.9. The number of nitrogens with zero attached hydrogens (tertiary/aromatic N) is 1. The summed E-state index contributed by atoms with van der Waals surface area (Å²) in [6, 6.07) is 7.41. The molecule has 1 aliphatic rings. The van der Waals surface area contributed by atoms with E-state index in [4.69, 9.17) is 14.2 Å². The van der Waals surface area contributed by atoms with Gasteiger partial charge in [0.05, 0.1) is 21.3 Å². The molecule has 1 unspecified atom stereocenters. The SMILES string of the molecule is COc1cc(/C=C/C(=O)NCC2CCN(c3ccc(F)c(F)c3)C2)cc(OC)c1OC. The molecule has 1 amide bonds. The summed E-state index contributed by atoms with van der Waals surface area (Å²) in [6.45, 7) is 1.90. The predicted molar refractivity (Wildman–Crippen MR) is 115 cm³/mol. The molecule has 1 N–H and O–H groups in total. The number of hydrogen-bond donors (Lipinski definition) is 1. The number of methoxy groups -OCH3 is 3. The first-order valence-electron chi connectivity index (χ1n) is 9.91. The number of rotatable bonds is 8. The van der Waals surface area contributed by atoms with E-state index in [0.717, 1.165) is 24.6 Å². The number of halogens is 2. The molecule has 0 spiro atoms. The van der Waals surface area contributed by atoms with Crippen molar-refractivity contribution in [2.75, 3.05) is 45.9 Å². The van der Waals surface area contributed by atoms with Gasteiger partial charge in [0.15, 0.2) is 23.1 Å². The molecule has 2 aromatic rings. The number of anilines is 1. The van der Waals surface area contributed by atoms with Crippen molar-refractivity contribution in [3.8, 4) is 17.2 Å². The molecular formula is C23H26F2N2O4. The van der Waals surface area contributed by atoms with Gasteiger partial charge < -0.3 is 24.4 Å². The lowest BCUT2D eigenvalue weighted by atomic mass is 10.1. The Morgan fingerprint density at radius 1 is 1.10 bits per heavy atom. The zero-order valence-electron chi connectivity index (χ0n) is 17.8. The first kappa shape index (κ1) is 22.4. The largest absolute Gasteiger partial charge is 0.493 e. The summed E-state index contributed by atoms with van der Waals surface area (Å²) >= 11 is 0. The first-order valence-corrected chi connectivity index (χ1v) is 9.91. The monoisotopic (exact) mass is 432 g/mol. The Labute approximate surface area is 180 Å². The van der Waals surface area contributed by atoms with E-state index in [1.807, 2.05) is 4.90 Å². The molecule has 8 heteroatoms. The van der Waals surface area contributed by atoms with Crippen LogP contribution in [0.2, 0.25) is 0 Å². The standard InChI is InChI=1S/C23H26F2N2O4/c1-29-20-10-15(11-21(30-2)23(20)31-3)4-7-22(28)26-13-16-8-9-27(14-16)17-5-6-18(24)19(25)12-17/h4-7,10-12,16H,8-9,13-14H2,1-3H3,(H,26,28)/b7-4+. The maximum atomic E-state index is 13.5. The fraction of sp³-hybridized carbons (Fsp3) is 0.348. The minimum Gasteiger partial charge on any atom is -0.493 e. The topological polar surface area (TPSA) is 60.0 Å². The molecule has 166 valence electrons. The number of nitrogens with one attached hydrogen (secondary N) is 1. The fourth-order valence-electron chi connectivity index (χ4n) is 3.59. The molecule has 0 radical (unpaired) electrons. The molecular weight excluding hydrogens is 406 g/mol. The summed E-state index contributed by atoms with van der Waals surface area (Å²) in [5.74, 6) is -0.211. The van der Waals surface area contributed by atoms with Gasteiger partial charge in [-0.3, -0.25) is 4.79 Å². The average molecular weight is 432 g/mol. The lowest BCUT2D eigenvalue weighted by molar-refractivity contribution is -0.116. The van der Waals surface area contributed by atoms with Gasteiger partial charge in [-0.05, 0) is 48.2 Å². The number of carbonyl (C=O) groups is 1. The van der Waals surface area contributed by atoms with Crippen molar-refractivity contribution >= 4 is 17.7 Å². The molecule has 1 heterocycles. The lowest BCUT2D eigenvalue weighted by Gasteiger charge is -2.19. The van der Waals surface area contributed by atoms with Gasteiger partial charge in [-0.15, -0.1) is 0 Å². The molecule has 1 fully saturated rings. The zero-order valence-corrected chi connectivity index (χ0v) is 17.8. The van der Waals surface area contributed by atoms with Crippen LogP contribution in [0.5, 0.6) is 17.2 Å². The third kappa shape index (κ3) is 5.45. The van der Waals surface area contributed by atoms with Crippen molar-refractivity contribution in [1.82, 2.24) is 5.32 Å². The van der Waals surface area contributed by atoms with E-state index in [0.29, 0.717) is 36.0 Å². The quantitative estimate of drug-likeness (QED) is 0.646. The average Bonchev–Trinajstić information content (AvgIpc) is 3.26. The molecule has 2 aromatic carbocycles. The molecule has 0 aromatic heterocycles. The maximum Gasteiger partial charge on any atom is 0.244 e. The second kappa shape index (κ2) is 10.1. The minimum atomic E-state index is -0.856. The Morgan fingerprint density at radius 2 is 1.81 bits per heavy atom. The highest BCUT2D eigenvalue weighted by molar-refractivity contribution is 5.91. The van der Waals surface area contributed by atoms with Gasteiger partial charge in [0, 0.05) is 37.5 Å². The van der Waals surface area contributed by atoms with E-state index in [-0.39, 0.29) is 11.8 Å². The van der Waals surface area contributed by atoms with Crippen LogP contribution in [0.1, 0.15) is 12.0 Å². The van der Waals surface area contributed by atoms with Crippen molar-refractivity contribution in [2.45, 2.75) is 6.42 Å². The molecule has 31 heavy (non-hydrogen) atoms. The predicted octanol–water partition coefficient (Wildman–Crippen LogP) is 3.65. The second-order valence-electron chi connectivity index (χ2n) is 7.24.